The average molecular weight is 432 g/mol. The summed E-state index contributed by atoms with van der Waals surface area (Å²) in [4.78, 5) is 0. The molecule has 1 saturated carbocycles. The van der Waals surface area contributed by atoms with Crippen molar-refractivity contribution in [2.45, 2.75) is 49.5 Å². The van der Waals surface area contributed by atoms with Crippen LogP contribution in [0, 0.1) is 17.8 Å². The SMILES string of the molecule is CC1C=CC(=C(C2CCNCC2)C2CCC(S(=O)(=O)O)CC2S(=O)(=O)O)C=C1. The first kappa shape index (κ1) is 21.7. The highest BCUT2D eigenvalue weighted by Crippen LogP contribution is 2.43. The molecule has 7 nitrogen and oxygen atoms in total. The van der Waals surface area contributed by atoms with Crippen LogP contribution in [0.25, 0.3) is 0 Å². The summed E-state index contributed by atoms with van der Waals surface area (Å²) in [5.41, 5.74) is 1.96. The van der Waals surface area contributed by atoms with Crippen molar-refractivity contribution < 1.29 is 25.9 Å². The third-order valence-electron chi connectivity index (χ3n) is 6.22. The van der Waals surface area contributed by atoms with Crippen molar-refractivity contribution >= 4 is 20.2 Å². The van der Waals surface area contributed by atoms with Gasteiger partial charge in [-0.1, -0.05) is 36.8 Å². The Morgan fingerprint density at radius 2 is 1.57 bits per heavy atom. The quantitative estimate of drug-likeness (QED) is 0.584. The van der Waals surface area contributed by atoms with E-state index < -0.39 is 36.7 Å². The first-order valence-corrected chi connectivity index (χ1v) is 12.8. The van der Waals surface area contributed by atoms with E-state index in [0.717, 1.165) is 37.1 Å². The van der Waals surface area contributed by atoms with E-state index in [1.54, 1.807) is 0 Å². The van der Waals surface area contributed by atoms with Crippen molar-refractivity contribution in [1.82, 2.24) is 5.32 Å². The van der Waals surface area contributed by atoms with E-state index in [1.165, 1.54) is 0 Å². The largest absolute Gasteiger partial charge is 0.317 e. The van der Waals surface area contributed by atoms with E-state index in [0.29, 0.717) is 12.3 Å². The van der Waals surface area contributed by atoms with Gasteiger partial charge >= 0.3 is 0 Å². The van der Waals surface area contributed by atoms with Crippen molar-refractivity contribution in [2.75, 3.05) is 13.1 Å². The van der Waals surface area contributed by atoms with E-state index in [4.69, 9.17) is 0 Å². The molecule has 3 unspecified atom stereocenters. The predicted molar refractivity (Wildman–Crippen MR) is 108 cm³/mol. The van der Waals surface area contributed by atoms with Gasteiger partial charge in [-0.2, -0.15) is 16.8 Å². The van der Waals surface area contributed by atoms with E-state index in [9.17, 15) is 25.9 Å². The highest BCUT2D eigenvalue weighted by molar-refractivity contribution is 7.87. The number of nitrogens with one attached hydrogen (secondary N) is 1. The Hall–Kier alpha value is -1.00. The van der Waals surface area contributed by atoms with Gasteiger partial charge in [-0.25, -0.2) is 0 Å². The van der Waals surface area contributed by atoms with Crippen LogP contribution in [0.15, 0.2) is 35.5 Å². The summed E-state index contributed by atoms with van der Waals surface area (Å²) in [6.07, 6.45) is 10.1. The van der Waals surface area contributed by atoms with Gasteiger partial charge in [0.1, 0.15) is 0 Å². The summed E-state index contributed by atoms with van der Waals surface area (Å²) in [6, 6.07) is 0. The van der Waals surface area contributed by atoms with Crippen molar-refractivity contribution in [1.29, 1.82) is 0 Å². The molecular weight excluding hydrogens is 402 g/mol. The van der Waals surface area contributed by atoms with E-state index in [-0.39, 0.29) is 18.8 Å². The van der Waals surface area contributed by atoms with Gasteiger partial charge in [0.05, 0.1) is 10.5 Å². The van der Waals surface area contributed by atoms with Crippen LogP contribution in [-0.4, -0.2) is 49.5 Å². The van der Waals surface area contributed by atoms with Crippen molar-refractivity contribution in [3.63, 3.8) is 0 Å². The van der Waals surface area contributed by atoms with Crippen molar-refractivity contribution in [3.8, 4) is 0 Å². The molecule has 0 aromatic carbocycles. The standard InChI is InChI=1S/C19H29NO6S2/c1-13-2-4-14(5-3-13)19(15-8-10-20-11-9-15)17-7-6-16(27(21,22)23)12-18(17)28(24,25)26/h2-5,13,15-18,20H,6-12H2,1H3,(H,21,22,23)(H,24,25,26). The number of allylic oxidation sites excluding steroid dienone is 6. The summed E-state index contributed by atoms with van der Waals surface area (Å²) in [5.74, 6) is 0.00922. The summed E-state index contributed by atoms with van der Waals surface area (Å²) in [7, 11) is -8.83. The minimum absolute atomic E-state index is 0.176. The first-order valence-electron chi connectivity index (χ1n) is 9.81. The van der Waals surface area contributed by atoms with Crippen LogP contribution in [0.2, 0.25) is 0 Å². The Kier molecular flexibility index (Phi) is 6.51. The number of rotatable bonds is 4. The zero-order valence-electron chi connectivity index (χ0n) is 16.0. The molecule has 1 aliphatic heterocycles. The van der Waals surface area contributed by atoms with Crippen molar-refractivity contribution in [3.05, 3.63) is 35.5 Å². The van der Waals surface area contributed by atoms with E-state index in [2.05, 4.69) is 24.4 Å². The fraction of sp³-hybridized carbons (Fsp3) is 0.684. The topological polar surface area (TPSA) is 121 Å². The molecule has 1 saturated heterocycles. The Morgan fingerprint density at radius 1 is 0.964 bits per heavy atom. The van der Waals surface area contributed by atoms with Crippen LogP contribution < -0.4 is 5.32 Å². The van der Waals surface area contributed by atoms with Gasteiger partial charge in [-0.15, -0.1) is 0 Å². The molecule has 0 bridgehead atoms. The third kappa shape index (κ3) is 4.94. The van der Waals surface area contributed by atoms with Gasteiger partial charge in [0, 0.05) is 5.92 Å². The molecule has 2 aliphatic carbocycles. The molecule has 3 rings (SSSR count). The molecule has 0 radical (unpaired) electrons. The lowest BCUT2D eigenvalue weighted by Gasteiger charge is -2.39. The second-order valence-electron chi connectivity index (χ2n) is 8.12. The molecule has 3 aliphatic rings. The normalized spacial score (nSPS) is 32.5. The predicted octanol–water partition coefficient (Wildman–Crippen LogP) is 2.36. The first-order chi connectivity index (χ1) is 13.1. The smallest absolute Gasteiger partial charge is 0.268 e. The Morgan fingerprint density at radius 3 is 2.11 bits per heavy atom. The number of hydrogen-bond acceptors (Lipinski definition) is 5. The van der Waals surface area contributed by atoms with Crippen LogP contribution >= 0.6 is 0 Å². The fourth-order valence-corrected chi connectivity index (χ4v) is 6.94. The van der Waals surface area contributed by atoms with E-state index in [1.807, 2.05) is 12.2 Å². The molecule has 0 spiro atoms. The van der Waals surface area contributed by atoms with Gasteiger partial charge in [0.2, 0.25) is 0 Å². The maximum atomic E-state index is 12.2. The maximum Gasteiger partial charge on any atom is 0.268 e. The molecular formula is C19H29NO6S2. The molecule has 0 amide bonds. The summed E-state index contributed by atoms with van der Waals surface area (Å²) < 4.78 is 67.0. The summed E-state index contributed by atoms with van der Waals surface area (Å²) in [6.45, 7) is 3.73. The van der Waals surface area contributed by atoms with Crippen LogP contribution in [0.5, 0.6) is 0 Å². The highest BCUT2D eigenvalue weighted by Gasteiger charge is 2.45. The van der Waals surface area contributed by atoms with Gasteiger partial charge in [0.25, 0.3) is 20.2 Å². The molecule has 3 atom stereocenters. The molecule has 158 valence electrons. The molecule has 0 aromatic heterocycles. The number of piperidine rings is 1. The number of hydrogen-bond donors (Lipinski definition) is 3. The highest BCUT2D eigenvalue weighted by atomic mass is 32.2. The lowest BCUT2D eigenvalue weighted by Crippen LogP contribution is -2.43. The maximum absolute atomic E-state index is 12.2. The second kappa shape index (κ2) is 8.39. The Balaban J connectivity index is 2.04. The fourth-order valence-electron chi connectivity index (χ4n) is 4.76. The van der Waals surface area contributed by atoms with Crippen LogP contribution in [0.3, 0.4) is 0 Å². The molecule has 2 fully saturated rings. The van der Waals surface area contributed by atoms with Crippen LogP contribution in [-0.2, 0) is 20.2 Å². The minimum Gasteiger partial charge on any atom is -0.317 e. The summed E-state index contributed by atoms with van der Waals surface area (Å²) >= 11 is 0. The summed E-state index contributed by atoms with van der Waals surface area (Å²) in [5, 5.41) is 0.923. The van der Waals surface area contributed by atoms with E-state index >= 15 is 0 Å². The molecule has 1 heterocycles. The average Bonchev–Trinajstić information content (AvgIpc) is 2.63. The Bertz CT molecular complexity index is 865. The molecule has 9 heteroatoms. The van der Waals surface area contributed by atoms with Crippen LogP contribution in [0.4, 0.5) is 0 Å². The lowest BCUT2D eigenvalue weighted by atomic mass is 9.72. The zero-order chi connectivity index (χ0) is 20.5. The molecule has 3 N–H and O–H groups in total. The van der Waals surface area contributed by atoms with Gasteiger partial charge < -0.3 is 5.32 Å². The second-order valence-corrected chi connectivity index (χ2v) is 11.5. The minimum atomic E-state index is -4.47. The van der Waals surface area contributed by atoms with Gasteiger partial charge in [0.15, 0.2) is 0 Å². The monoisotopic (exact) mass is 431 g/mol. The van der Waals surface area contributed by atoms with Crippen molar-refractivity contribution in [2.24, 2.45) is 17.8 Å². The van der Waals surface area contributed by atoms with Gasteiger partial charge in [-0.3, -0.25) is 9.11 Å². The zero-order valence-corrected chi connectivity index (χ0v) is 17.6. The van der Waals surface area contributed by atoms with Gasteiger partial charge in [-0.05, 0) is 62.6 Å². The Labute approximate surface area is 167 Å². The lowest BCUT2D eigenvalue weighted by molar-refractivity contribution is 0.315. The molecule has 0 aromatic rings. The van der Waals surface area contributed by atoms with Crippen LogP contribution in [0.1, 0.15) is 39.0 Å². The third-order valence-corrected chi connectivity index (χ3v) is 8.77. The molecule has 28 heavy (non-hydrogen) atoms.